The van der Waals surface area contributed by atoms with E-state index in [-0.39, 0.29) is 40.5 Å². The van der Waals surface area contributed by atoms with Gasteiger partial charge in [-0.15, -0.1) is 0 Å². The summed E-state index contributed by atoms with van der Waals surface area (Å²) in [5.41, 5.74) is -1.79. The third-order valence-corrected chi connectivity index (χ3v) is 11.0. The lowest BCUT2D eigenvalue weighted by molar-refractivity contribution is -0.385. The fraction of sp³-hybridized carbons (Fsp3) is 0.345. The van der Waals surface area contributed by atoms with Gasteiger partial charge in [0.25, 0.3) is 11.4 Å². The minimum atomic E-state index is -1.69. The maximum absolute atomic E-state index is 14.3. The van der Waals surface area contributed by atoms with Gasteiger partial charge < -0.3 is 4.74 Å². The number of alkyl halides is 1. The molecule has 2 unspecified atom stereocenters. The van der Waals surface area contributed by atoms with Gasteiger partial charge in [0.15, 0.2) is 0 Å². The van der Waals surface area contributed by atoms with E-state index in [1.165, 1.54) is 31.2 Å². The van der Waals surface area contributed by atoms with Crippen molar-refractivity contribution >= 4 is 68.3 Å². The van der Waals surface area contributed by atoms with Crippen LogP contribution in [0.5, 0.6) is 0 Å². The first-order valence-electron chi connectivity index (χ1n) is 13.5. The number of non-ortho nitro benzene ring substituents is 2. The van der Waals surface area contributed by atoms with Gasteiger partial charge in [0.2, 0.25) is 23.6 Å². The zero-order valence-corrected chi connectivity index (χ0v) is 25.0. The summed E-state index contributed by atoms with van der Waals surface area (Å²) >= 11 is 3.65. The molecule has 0 aromatic heterocycles. The van der Waals surface area contributed by atoms with Crippen LogP contribution >= 0.6 is 15.9 Å². The first-order chi connectivity index (χ1) is 20.7. The van der Waals surface area contributed by atoms with Crippen LogP contribution in [0.25, 0.3) is 0 Å². The van der Waals surface area contributed by atoms with Crippen LogP contribution in [0.4, 0.5) is 22.7 Å². The predicted molar refractivity (Wildman–Crippen MR) is 154 cm³/mol. The number of esters is 1. The van der Waals surface area contributed by atoms with E-state index in [2.05, 4.69) is 15.9 Å². The van der Waals surface area contributed by atoms with E-state index < -0.39 is 72.9 Å². The largest absolute Gasteiger partial charge is 0.463 e. The predicted octanol–water partition coefficient (Wildman–Crippen LogP) is 3.46. The number of nitro groups is 2. The Bertz CT molecular complexity index is 1650. The van der Waals surface area contributed by atoms with Crippen LogP contribution in [0.2, 0.25) is 0 Å². The molecule has 3 aliphatic carbocycles. The summed E-state index contributed by atoms with van der Waals surface area (Å²) in [6, 6.07) is 9.63. The molecule has 7 rings (SSSR count). The maximum Gasteiger partial charge on any atom is 0.334 e. The van der Waals surface area contributed by atoms with Crippen molar-refractivity contribution in [2.24, 2.45) is 29.1 Å². The van der Waals surface area contributed by atoms with Crippen molar-refractivity contribution in [3.05, 3.63) is 79.9 Å². The lowest BCUT2D eigenvalue weighted by Crippen LogP contribution is -2.67. The van der Waals surface area contributed by atoms with Crippen molar-refractivity contribution in [2.75, 3.05) is 16.4 Å². The number of nitro benzene ring substituents is 2. The van der Waals surface area contributed by atoms with Gasteiger partial charge in [0, 0.05) is 35.3 Å². The Labute approximate surface area is 257 Å². The number of amides is 4. The summed E-state index contributed by atoms with van der Waals surface area (Å²) in [6.45, 7) is 4.64. The number of rotatable bonds is 6. The van der Waals surface area contributed by atoms with Crippen LogP contribution in [0.15, 0.2) is 59.7 Å². The van der Waals surface area contributed by atoms with Crippen molar-refractivity contribution in [3.63, 3.8) is 0 Å². The molecule has 3 fully saturated rings. The average molecular weight is 667 g/mol. The Morgan fingerprint density at radius 2 is 1.16 bits per heavy atom. The Hall–Kier alpha value is -4.79. The van der Waals surface area contributed by atoms with Crippen molar-refractivity contribution in [1.82, 2.24) is 0 Å². The van der Waals surface area contributed by atoms with Gasteiger partial charge in [-0.2, -0.15) is 0 Å². The molecule has 15 heteroatoms. The van der Waals surface area contributed by atoms with Crippen LogP contribution in [-0.4, -0.2) is 50.4 Å². The molecule has 2 aromatic rings. The van der Waals surface area contributed by atoms with Crippen molar-refractivity contribution < 1.29 is 38.6 Å². The molecule has 6 atom stereocenters. The number of ether oxygens (including phenoxy) is 1. The molecule has 14 nitrogen and oxygen atoms in total. The van der Waals surface area contributed by atoms with E-state index in [9.17, 15) is 44.2 Å². The second-order valence-electron chi connectivity index (χ2n) is 11.3. The third-order valence-electron chi connectivity index (χ3n) is 9.42. The number of benzene rings is 2. The van der Waals surface area contributed by atoms with Gasteiger partial charge in [-0.05, 0) is 43.7 Å². The van der Waals surface area contributed by atoms with E-state index >= 15 is 0 Å². The van der Waals surface area contributed by atoms with Crippen LogP contribution in [0.3, 0.4) is 0 Å². The molecule has 2 aliphatic heterocycles. The molecule has 2 heterocycles. The minimum Gasteiger partial charge on any atom is -0.463 e. The van der Waals surface area contributed by atoms with Crippen molar-refractivity contribution in [2.45, 2.75) is 25.1 Å². The molecule has 5 aliphatic rings. The zero-order chi connectivity index (χ0) is 32.0. The van der Waals surface area contributed by atoms with Gasteiger partial charge in [0.1, 0.15) is 0 Å². The first-order valence-corrected chi connectivity index (χ1v) is 14.3. The number of imide groups is 2. The fourth-order valence-corrected chi connectivity index (χ4v) is 8.80. The molecule has 2 aromatic carbocycles. The quantitative estimate of drug-likeness (QED) is 0.145. The summed E-state index contributed by atoms with van der Waals surface area (Å²) in [7, 11) is 0. The zero-order valence-electron chi connectivity index (χ0n) is 23.4. The standard InChI is InChI=1S/C29H23BrN4O10/c1-4-44-27(39)18-13(2)29(30)21-19(23(35)31(25(21)37)14-5-9-16(10-6-14)33(40)41)28(18,3)20-22(29)26(38)32(24(20)36)15-7-11-17(12-8-15)34(42)43/h5-12,19-22H,4H2,1-3H3/t19-,20-,21-,22+,28?,29?/m1/s1. The Kier molecular flexibility index (Phi) is 6.39. The van der Waals surface area contributed by atoms with E-state index in [0.29, 0.717) is 0 Å². The SMILES string of the molecule is CCOC(=O)C1=C(C)C2(Br)[C@@H]3C(=O)N(c4ccc([N+](=O)[O-])cc4)C(=O)[C@@H]3C1(C)[C@H]1C(=O)N(c3ccc([N+](=O)[O-])cc3)C(=O)[C@@H]12. The minimum absolute atomic E-state index is 0.0112. The van der Waals surface area contributed by atoms with Crippen molar-refractivity contribution in [1.29, 1.82) is 0 Å². The van der Waals surface area contributed by atoms with Gasteiger partial charge in [0.05, 0.1) is 55.8 Å². The van der Waals surface area contributed by atoms with Gasteiger partial charge >= 0.3 is 5.97 Å². The molecule has 226 valence electrons. The Balaban J connectivity index is 1.54. The third kappa shape index (κ3) is 3.49. The highest BCUT2D eigenvalue weighted by Crippen LogP contribution is 2.72. The molecular weight excluding hydrogens is 644 g/mol. The smallest absolute Gasteiger partial charge is 0.334 e. The maximum atomic E-state index is 14.3. The number of hydrogen-bond donors (Lipinski definition) is 0. The van der Waals surface area contributed by atoms with Crippen LogP contribution in [-0.2, 0) is 28.7 Å². The first kappa shape index (κ1) is 29.3. The number of carbonyl (C=O) groups is 5. The highest BCUT2D eigenvalue weighted by Gasteiger charge is 2.81. The van der Waals surface area contributed by atoms with E-state index in [4.69, 9.17) is 4.74 Å². The number of anilines is 2. The normalized spacial score (nSPS) is 30.5. The lowest BCUT2D eigenvalue weighted by Gasteiger charge is -2.59. The monoisotopic (exact) mass is 666 g/mol. The Morgan fingerprint density at radius 1 is 0.795 bits per heavy atom. The molecule has 0 radical (unpaired) electrons. The van der Waals surface area contributed by atoms with Crippen LogP contribution in [0.1, 0.15) is 20.8 Å². The second kappa shape index (κ2) is 9.61. The van der Waals surface area contributed by atoms with E-state index in [1.54, 1.807) is 13.8 Å². The molecular formula is C29H23BrN4O10. The summed E-state index contributed by atoms with van der Waals surface area (Å²) in [6.07, 6.45) is 0. The second-order valence-corrected chi connectivity index (χ2v) is 12.6. The molecule has 4 amide bonds. The summed E-state index contributed by atoms with van der Waals surface area (Å²) in [4.78, 5) is 93.4. The number of hydrogen-bond acceptors (Lipinski definition) is 10. The number of nitrogens with zero attached hydrogens (tertiary/aromatic N) is 4. The van der Waals surface area contributed by atoms with Crippen LogP contribution in [0, 0.1) is 49.3 Å². The van der Waals surface area contributed by atoms with E-state index in [1.807, 2.05) is 0 Å². The summed E-state index contributed by atoms with van der Waals surface area (Å²) < 4.78 is 3.69. The highest BCUT2D eigenvalue weighted by molar-refractivity contribution is 9.10. The van der Waals surface area contributed by atoms with Crippen LogP contribution < -0.4 is 9.80 Å². The number of carbonyl (C=O) groups excluding carboxylic acids is 5. The van der Waals surface area contributed by atoms with Gasteiger partial charge in [-0.25, -0.2) is 14.6 Å². The molecule has 0 spiro atoms. The fourth-order valence-electron chi connectivity index (χ4n) is 7.69. The molecule has 2 bridgehead atoms. The molecule has 44 heavy (non-hydrogen) atoms. The molecule has 2 saturated heterocycles. The number of allylic oxidation sites excluding steroid dienone is 1. The van der Waals surface area contributed by atoms with Gasteiger partial charge in [-0.1, -0.05) is 22.9 Å². The summed E-state index contributed by atoms with van der Waals surface area (Å²) in [5, 5.41) is 22.4. The molecule has 0 N–H and O–H groups in total. The van der Waals surface area contributed by atoms with Crippen molar-refractivity contribution in [3.8, 4) is 0 Å². The van der Waals surface area contributed by atoms with Gasteiger partial charge in [-0.3, -0.25) is 39.4 Å². The average Bonchev–Trinajstić information content (AvgIpc) is 3.42. The van der Waals surface area contributed by atoms with E-state index in [0.717, 1.165) is 34.1 Å². The topological polar surface area (TPSA) is 187 Å². The lowest BCUT2D eigenvalue weighted by atomic mass is 9.43. The highest BCUT2D eigenvalue weighted by atomic mass is 79.9. The number of halogens is 1. The molecule has 1 saturated carbocycles. The summed E-state index contributed by atoms with van der Waals surface area (Å²) in [5.74, 6) is -8.71. The Morgan fingerprint density at radius 3 is 1.50 bits per heavy atom.